The van der Waals surface area contributed by atoms with Crippen molar-refractivity contribution in [3.8, 4) is 0 Å². The first-order chi connectivity index (χ1) is 8.65. The third kappa shape index (κ3) is 3.77. The van der Waals surface area contributed by atoms with E-state index in [0.29, 0.717) is 12.3 Å². The monoisotopic (exact) mass is 263 g/mol. The van der Waals surface area contributed by atoms with Crippen LogP contribution < -0.4 is 5.32 Å². The number of hydrogen-bond acceptors (Lipinski definition) is 2. The first-order valence-electron chi connectivity index (χ1n) is 6.60. The predicted octanol–water partition coefficient (Wildman–Crippen LogP) is 3.78. The number of aryl methyl sites for hydroxylation is 2. The summed E-state index contributed by atoms with van der Waals surface area (Å²) in [6, 6.07) is 6.18. The molecule has 18 heavy (non-hydrogen) atoms. The fourth-order valence-electron chi connectivity index (χ4n) is 2.28. The summed E-state index contributed by atoms with van der Waals surface area (Å²) in [7, 11) is 0. The van der Waals surface area contributed by atoms with Crippen LogP contribution in [0.3, 0.4) is 0 Å². The molecule has 1 saturated heterocycles. The lowest BCUT2D eigenvalue weighted by Crippen LogP contribution is -2.20. The van der Waals surface area contributed by atoms with Gasteiger partial charge < -0.3 is 5.32 Å². The Morgan fingerprint density at radius 2 is 2.06 bits per heavy atom. The van der Waals surface area contributed by atoms with Crippen LogP contribution in [0.2, 0.25) is 0 Å². The maximum Gasteiger partial charge on any atom is 0.224 e. The topological polar surface area (TPSA) is 29.1 Å². The maximum absolute atomic E-state index is 12.0. The van der Waals surface area contributed by atoms with Gasteiger partial charge in [-0.05, 0) is 61.3 Å². The van der Waals surface area contributed by atoms with E-state index in [2.05, 4.69) is 17.4 Å². The summed E-state index contributed by atoms with van der Waals surface area (Å²) >= 11 is 2.00. The molecule has 1 aliphatic heterocycles. The molecule has 1 aliphatic rings. The van der Waals surface area contributed by atoms with Crippen LogP contribution >= 0.6 is 11.8 Å². The summed E-state index contributed by atoms with van der Waals surface area (Å²) in [5.74, 6) is 3.17. The first-order valence-corrected chi connectivity index (χ1v) is 7.75. The molecule has 0 bridgehead atoms. The highest BCUT2D eigenvalue weighted by Gasteiger charge is 2.17. The minimum absolute atomic E-state index is 0.167. The zero-order chi connectivity index (χ0) is 13.0. The summed E-state index contributed by atoms with van der Waals surface area (Å²) in [4.78, 5) is 12.0. The quantitative estimate of drug-likeness (QED) is 0.899. The highest BCUT2D eigenvalue weighted by Crippen LogP contribution is 2.26. The number of benzene rings is 1. The van der Waals surface area contributed by atoms with E-state index in [1.165, 1.54) is 29.9 Å². The standard InChI is InChI=1S/C15H21NOS/c1-11-3-4-12(2)14(9-11)16-15(17)10-13-5-7-18-8-6-13/h3-4,9,13H,5-8,10H2,1-2H3,(H,16,17). The summed E-state index contributed by atoms with van der Waals surface area (Å²) in [6.07, 6.45) is 3.05. The molecule has 0 radical (unpaired) electrons. The molecule has 1 N–H and O–H groups in total. The van der Waals surface area contributed by atoms with Gasteiger partial charge in [0.15, 0.2) is 0 Å². The Labute approximate surface area is 114 Å². The van der Waals surface area contributed by atoms with Gasteiger partial charge in [0.05, 0.1) is 0 Å². The van der Waals surface area contributed by atoms with Crippen molar-refractivity contribution in [1.82, 2.24) is 0 Å². The third-order valence-electron chi connectivity index (χ3n) is 3.48. The molecule has 0 aromatic heterocycles. The summed E-state index contributed by atoms with van der Waals surface area (Å²) in [6.45, 7) is 4.08. The zero-order valence-electron chi connectivity index (χ0n) is 11.2. The van der Waals surface area contributed by atoms with E-state index in [9.17, 15) is 4.79 Å². The molecule has 2 nitrogen and oxygen atoms in total. The van der Waals surface area contributed by atoms with E-state index in [1.54, 1.807) is 0 Å². The van der Waals surface area contributed by atoms with Gasteiger partial charge in [-0.25, -0.2) is 0 Å². The Hall–Kier alpha value is -0.960. The number of hydrogen-bond donors (Lipinski definition) is 1. The van der Waals surface area contributed by atoms with Gasteiger partial charge in [0.25, 0.3) is 0 Å². The molecule has 0 saturated carbocycles. The SMILES string of the molecule is Cc1ccc(C)c(NC(=O)CC2CCSCC2)c1. The highest BCUT2D eigenvalue weighted by molar-refractivity contribution is 7.99. The lowest BCUT2D eigenvalue weighted by molar-refractivity contribution is -0.117. The van der Waals surface area contributed by atoms with Crippen LogP contribution in [0.1, 0.15) is 30.4 Å². The van der Waals surface area contributed by atoms with Gasteiger partial charge in [-0.15, -0.1) is 0 Å². The van der Waals surface area contributed by atoms with Crippen molar-refractivity contribution in [2.24, 2.45) is 5.92 Å². The molecule has 0 atom stereocenters. The Morgan fingerprint density at radius 1 is 1.33 bits per heavy atom. The molecule has 1 heterocycles. The number of anilines is 1. The molecule has 0 spiro atoms. The highest BCUT2D eigenvalue weighted by atomic mass is 32.2. The second kappa shape index (κ2) is 6.28. The van der Waals surface area contributed by atoms with Crippen molar-refractivity contribution in [1.29, 1.82) is 0 Å². The molecule has 1 aromatic rings. The fraction of sp³-hybridized carbons (Fsp3) is 0.533. The van der Waals surface area contributed by atoms with Gasteiger partial charge in [-0.3, -0.25) is 4.79 Å². The third-order valence-corrected chi connectivity index (χ3v) is 4.53. The number of nitrogens with one attached hydrogen (secondary N) is 1. The Morgan fingerprint density at radius 3 is 2.78 bits per heavy atom. The van der Waals surface area contributed by atoms with Crippen molar-refractivity contribution in [3.05, 3.63) is 29.3 Å². The zero-order valence-corrected chi connectivity index (χ0v) is 12.0. The molecule has 1 fully saturated rings. The van der Waals surface area contributed by atoms with Crippen molar-refractivity contribution in [2.45, 2.75) is 33.1 Å². The number of carbonyl (C=O) groups excluding carboxylic acids is 1. The fourth-order valence-corrected chi connectivity index (χ4v) is 3.49. The maximum atomic E-state index is 12.0. The van der Waals surface area contributed by atoms with Crippen molar-refractivity contribution < 1.29 is 4.79 Å². The van der Waals surface area contributed by atoms with Crippen LogP contribution in [0.25, 0.3) is 0 Å². The number of carbonyl (C=O) groups is 1. The van der Waals surface area contributed by atoms with Gasteiger partial charge in [-0.2, -0.15) is 11.8 Å². The lowest BCUT2D eigenvalue weighted by atomic mass is 9.98. The second-order valence-corrected chi connectivity index (χ2v) is 6.35. The smallest absolute Gasteiger partial charge is 0.224 e. The summed E-state index contributed by atoms with van der Waals surface area (Å²) in [5.41, 5.74) is 3.28. The van der Waals surface area contributed by atoms with Crippen molar-refractivity contribution in [3.63, 3.8) is 0 Å². The molecule has 98 valence electrons. The lowest BCUT2D eigenvalue weighted by Gasteiger charge is -2.20. The number of rotatable bonds is 3. The second-order valence-electron chi connectivity index (χ2n) is 5.13. The number of thioether (sulfide) groups is 1. The van der Waals surface area contributed by atoms with Crippen molar-refractivity contribution >= 4 is 23.4 Å². The van der Waals surface area contributed by atoms with Crippen LogP contribution in [0, 0.1) is 19.8 Å². The van der Waals surface area contributed by atoms with Gasteiger partial charge in [0, 0.05) is 12.1 Å². The molecule has 0 aliphatic carbocycles. The van der Waals surface area contributed by atoms with Crippen LogP contribution in [-0.2, 0) is 4.79 Å². The molecule has 1 aromatic carbocycles. The van der Waals surface area contributed by atoms with E-state index >= 15 is 0 Å². The van der Waals surface area contributed by atoms with E-state index < -0.39 is 0 Å². The van der Waals surface area contributed by atoms with Crippen LogP contribution in [-0.4, -0.2) is 17.4 Å². The molecule has 0 unspecified atom stereocenters. The van der Waals surface area contributed by atoms with Crippen LogP contribution in [0.5, 0.6) is 0 Å². The Kier molecular flexibility index (Phi) is 4.70. The van der Waals surface area contributed by atoms with E-state index in [0.717, 1.165) is 11.3 Å². The van der Waals surface area contributed by atoms with E-state index in [4.69, 9.17) is 0 Å². The molecular formula is C15H21NOS. The first kappa shape index (κ1) is 13.5. The normalized spacial score (nSPS) is 16.6. The molecule has 2 rings (SSSR count). The van der Waals surface area contributed by atoms with Gasteiger partial charge >= 0.3 is 0 Å². The largest absolute Gasteiger partial charge is 0.326 e. The van der Waals surface area contributed by atoms with Crippen LogP contribution in [0.15, 0.2) is 18.2 Å². The van der Waals surface area contributed by atoms with Crippen LogP contribution in [0.4, 0.5) is 5.69 Å². The number of amides is 1. The van der Waals surface area contributed by atoms with E-state index in [1.807, 2.05) is 31.7 Å². The minimum Gasteiger partial charge on any atom is -0.326 e. The minimum atomic E-state index is 0.167. The molecular weight excluding hydrogens is 242 g/mol. The van der Waals surface area contributed by atoms with Gasteiger partial charge in [0.1, 0.15) is 0 Å². The van der Waals surface area contributed by atoms with Gasteiger partial charge in [-0.1, -0.05) is 12.1 Å². The molecule has 1 amide bonds. The van der Waals surface area contributed by atoms with Crippen molar-refractivity contribution in [2.75, 3.05) is 16.8 Å². The Balaban J connectivity index is 1.92. The average Bonchev–Trinajstić information content (AvgIpc) is 2.35. The van der Waals surface area contributed by atoms with E-state index in [-0.39, 0.29) is 5.91 Å². The summed E-state index contributed by atoms with van der Waals surface area (Å²) in [5, 5.41) is 3.05. The molecule has 3 heteroatoms. The summed E-state index contributed by atoms with van der Waals surface area (Å²) < 4.78 is 0. The Bertz CT molecular complexity index is 425. The average molecular weight is 263 g/mol. The van der Waals surface area contributed by atoms with Gasteiger partial charge in [0.2, 0.25) is 5.91 Å². The predicted molar refractivity (Wildman–Crippen MR) is 79.2 cm³/mol.